The number of nitrogens with one attached hydrogen (secondary N) is 1. The second-order valence-electron chi connectivity index (χ2n) is 10.5. The van der Waals surface area contributed by atoms with Gasteiger partial charge in [0.25, 0.3) is 0 Å². The van der Waals surface area contributed by atoms with Crippen molar-refractivity contribution in [2.45, 2.75) is 57.3 Å². The van der Waals surface area contributed by atoms with Crippen molar-refractivity contribution in [3.63, 3.8) is 0 Å². The van der Waals surface area contributed by atoms with Crippen LogP contribution in [0.1, 0.15) is 36.6 Å². The van der Waals surface area contributed by atoms with Crippen molar-refractivity contribution < 1.29 is 4.74 Å². The number of aromatic nitrogens is 5. The summed E-state index contributed by atoms with van der Waals surface area (Å²) in [6.07, 6.45) is 10.3. The highest BCUT2D eigenvalue weighted by atomic mass is 32.1. The maximum Gasteiger partial charge on any atom is 0.215 e. The van der Waals surface area contributed by atoms with Crippen molar-refractivity contribution in [3.8, 4) is 0 Å². The molecule has 0 radical (unpaired) electrons. The number of hydrogen-bond donors (Lipinski definition) is 1. The van der Waals surface area contributed by atoms with Crippen LogP contribution >= 0.6 is 11.3 Å². The van der Waals surface area contributed by atoms with Crippen molar-refractivity contribution in [1.29, 1.82) is 0 Å². The summed E-state index contributed by atoms with van der Waals surface area (Å²) in [4.78, 5) is 15.7. The molecule has 188 valence electrons. The molecule has 1 N–H and O–H groups in total. The van der Waals surface area contributed by atoms with E-state index in [1.807, 2.05) is 41.4 Å². The van der Waals surface area contributed by atoms with E-state index in [9.17, 15) is 0 Å². The first kappa shape index (κ1) is 24.7. The van der Waals surface area contributed by atoms with Crippen molar-refractivity contribution in [2.24, 2.45) is 0 Å². The minimum Gasteiger partial charge on any atom is -0.361 e. The minimum atomic E-state index is -1.18. The predicted octanol–water partition coefficient (Wildman–Crippen LogP) is 6.73. The summed E-state index contributed by atoms with van der Waals surface area (Å²) in [7, 11) is -1.18. The van der Waals surface area contributed by atoms with Gasteiger partial charge in [0, 0.05) is 38.7 Å². The molecule has 4 aromatic rings. The van der Waals surface area contributed by atoms with E-state index in [2.05, 4.69) is 45.1 Å². The number of anilines is 4. The average Bonchev–Trinajstić information content (AvgIpc) is 3.56. The second kappa shape index (κ2) is 11.0. The molecule has 1 aliphatic rings. The third-order valence-electron chi connectivity index (χ3n) is 6.35. The van der Waals surface area contributed by atoms with E-state index < -0.39 is 8.07 Å². The zero-order valence-corrected chi connectivity index (χ0v) is 23.0. The summed E-state index contributed by atoms with van der Waals surface area (Å²) in [5.74, 6) is 1.31. The van der Waals surface area contributed by atoms with E-state index in [1.54, 1.807) is 23.7 Å². The third-order valence-corrected chi connectivity index (χ3v) is 9.16. The van der Waals surface area contributed by atoms with E-state index >= 15 is 0 Å². The predicted molar refractivity (Wildman–Crippen MR) is 149 cm³/mol. The normalized spacial score (nSPS) is 14.4. The van der Waals surface area contributed by atoms with E-state index in [0.717, 1.165) is 51.0 Å². The Morgan fingerprint density at radius 3 is 2.61 bits per heavy atom. The van der Waals surface area contributed by atoms with Crippen molar-refractivity contribution in [3.05, 3.63) is 53.9 Å². The lowest BCUT2D eigenvalue weighted by atomic mass is 10.1. The second-order valence-corrected chi connectivity index (χ2v) is 17.1. The van der Waals surface area contributed by atoms with Crippen LogP contribution in [0.15, 0.2) is 48.9 Å². The lowest BCUT2D eigenvalue weighted by molar-refractivity contribution is 0.153. The van der Waals surface area contributed by atoms with Gasteiger partial charge in [-0.2, -0.15) is 0 Å². The third kappa shape index (κ3) is 6.24. The first-order chi connectivity index (χ1) is 17.4. The molecule has 5 rings (SSSR count). The van der Waals surface area contributed by atoms with Gasteiger partial charge >= 0.3 is 0 Å². The van der Waals surface area contributed by atoms with Crippen LogP contribution in [0.2, 0.25) is 25.7 Å². The maximum atomic E-state index is 6.16. The molecule has 36 heavy (non-hydrogen) atoms. The SMILES string of the molecule is C[Si](C)(C)CCOCN(c1ccc2ncc(Nc3ccncc3)cc2n1)c1nnc(C2CCCC2)s1. The zero-order valence-electron chi connectivity index (χ0n) is 21.1. The summed E-state index contributed by atoms with van der Waals surface area (Å²) in [6, 6.07) is 11.0. The molecular formula is C26H33N7OSSi. The lowest BCUT2D eigenvalue weighted by Crippen LogP contribution is -2.26. The minimum absolute atomic E-state index is 0.394. The van der Waals surface area contributed by atoms with Crippen molar-refractivity contribution in [1.82, 2.24) is 25.1 Å². The molecule has 0 atom stereocenters. The van der Waals surface area contributed by atoms with Gasteiger partial charge in [-0.3, -0.25) is 14.9 Å². The van der Waals surface area contributed by atoms with Gasteiger partial charge in [0.05, 0.1) is 22.9 Å². The highest BCUT2D eigenvalue weighted by molar-refractivity contribution is 7.15. The number of rotatable bonds is 10. The summed E-state index contributed by atoms with van der Waals surface area (Å²) < 4.78 is 6.16. The molecule has 1 fully saturated rings. The van der Waals surface area contributed by atoms with Gasteiger partial charge in [-0.15, -0.1) is 10.2 Å². The Morgan fingerprint density at radius 1 is 1.03 bits per heavy atom. The summed E-state index contributed by atoms with van der Waals surface area (Å²) in [6.45, 7) is 8.22. The first-order valence-corrected chi connectivity index (χ1v) is 17.1. The number of fused-ring (bicyclic) bond motifs is 1. The zero-order chi connectivity index (χ0) is 25.0. The molecule has 8 nitrogen and oxygen atoms in total. The molecule has 0 amide bonds. The maximum absolute atomic E-state index is 6.16. The molecule has 4 aromatic heterocycles. The Labute approximate surface area is 217 Å². The highest BCUT2D eigenvalue weighted by Crippen LogP contribution is 2.38. The van der Waals surface area contributed by atoms with Gasteiger partial charge in [0.15, 0.2) is 0 Å². The topological polar surface area (TPSA) is 89.0 Å². The van der Waals surface area contributed by atoms with E-state index in [1.165, 1.54) is 25.7 Å². The van der Waals surface area contributed by atoms with Crippen LogP contribution in [0.4, 0.5) is 22.3 Å². The summed E-state index contributed by atoms with van der Waals surface area (Å²) in [5.41, 5.74) is 3.46. The van der Waals surface area contributed by atoms with Crippen LogP contribution in [0.5, 0.6) is 0 Å². The largest absolute Gasteiger partial charge is 0.361 e. The molecule has 1 saturated carbocycles. The molecule has 4 heterocycles. The lowest BCUT2D eigenvalue weighted by Gasteiger charge is -2.22. The fraction of sp³-hybridized carbons (Fsp3) is 0.423. The smallest absolute Gasteiger partial charge is 0.215 e. The molecule has 0 aromatic carbocycles. The van der Waals surface area contributed by atoms with E-state index in [4.69, 9.17) is 9.72 Å². The first-order valence-electron chi connectivity index (χ1n) is 12.6. The Balaban J connectivity index is 1.41. The van der Waals surface area contributed by atoms with Crippen LogP contribution in [0, 0.1) is 0 Å². The van der Waals surface area contributed by atoms with Crippen LogP contribution in [0.25, 0.3) is 11.0 Å². The van der Waals surface area contributed by atoms with Gasteiger partial charge in [0.1, 0.15) is 17.6 Å². The molecule has 1 aliphatic carbocycles. The van der Waals surface area contributed by atoms with Gasteiger partial charge in [-0.1, -0.05) is 43.8 Å². The average molecular weight is 520 g/mol. The Kier molecular flexibility index (Phi) is 7.54. The molecule has 10 heteroatoms. The number of ether oxygens (including phenoxy) is 1. The fourth-order valence-electron chi connectivity index (χ4n) is 4.24. The van der Waals surface area contributed by atoms with Crippen LogP contribution < -0.4 is 10.2 Å². The monoisotopic (exact) mass is 519 g/mol. The summed E-state index contributed by atoms with van der Waals surface area (Å²) in [5, 5.41) is 14.5. The van der Waals surface area contributed by atoms with Crippen molar-refractivity contribution >= 4 is 52.8 Å². The highest BCUT2D eigenvalue weighted by Gasteiger charge is 2.24. The van der Waals surface area contributed by atoms with Gasteiger partial charge < -0.3 is 10.1 Å². The molecule has 0 spiro atoms. The fourth-order valence-corrected chi connectivity index (χ4v) is 6.01. The number of pyridine rings is 3. The number of nitrogens with zero attached hydrogens (tertiary/aromatic N) is 6. The molecule has 0 saturated heterocycles. The van der Waals surface area contributed by atoms with Crippen LogP contribution in [-0.4, -0.2) is 46.6 Å². The van der Waals surface area contributed by atoms with Gasteiger partial charge in [-0.05, 0) is 49.2 Å². The van der Waals surface area contributed by atoms with Gasteiger partial charge in [0.2, 0.25) is 5.13 Å². The molecule has 0 aliphatic heterocycles. The van der Waals surface area contributed by atoms with E-state index in [-0.39, 0.29) is 0 Å². The van der Waals surface area contributed by atoms with Crippen LogP contribution in [-0.2, 0) is 4.74 Å². The van der Waals surface area contributed by atoms with E-state index in [0.29, 0.717) is 12.6 Å². The molecule has 0 bridgehead atoms. The van der Waals surface area contributed by atoms with Gasteiger partial charge in [-0.25, -0.2) is 4.98 Å². The Bertz CT molecular complexity index is 1290. The summed E-state index contributed by atoms with van der Waals surface area (Å²) >= 11 is 1.67. The van der Waals surface area contributed by atoms with Crippen molar-refractivity contribution in [2.75, 3.05) is 23.6 Å². The standard InChI is InChI=1S/C26H33N7OSSi/c1-36(2,3)15-14-34-18-33(26-32-31-25(35-26)19-6-4-5-7-19)24-9-8-22-23(30-24)16-21(17-28-22)29-20-10-12-27-13-11-20/h8-13,16-17,19H,4-7,14-15,18H2,1-3H3,(H,27,29). The Hall–Kier alpha value is -2.95. The quantitative estimate of drug-likeness (QED) is 0.140. The van der Waals surface area contributed by atoms with Crippen LogP contribution in [0.3, 0.4) is 0 Å². The molecular weight excluding hydrogens is 486 g/mol. The molecule has 0 unspecified atom stereocenters. The number of hydrogen-bond acceptors (Lipinski definition) is 9. The Morgan fingerprint density at radius 2 is 1.83 bits per heavy atom.